The van der Waals surface area contributed by atoms with Crippen molar-refractivity contribution in [1.29, 1.82) is 0 Å². The van der Waals surface area contributed by atoms with E-state index in [1.807, 2.05) is 18.2 Å². The quantitative estimate of drug-likeness (QED) is 0.658. The van der Waals surface area contributed by atoms with Crippen molar-refractivity contribution in [2.75, 3.05) is 26.0 Å². The maximum atomic E-state index is 6.06. The lowest BCUT2D eigenvalue weighted by Gasteiger charge is -2.37. The van der Waals surface area contributed by atoms with Gasteiger partial charge in [0.05, 0.1) is 12.1 Å². The summed E-state index contributed by atoms with van der Waals surface area (Å²) in [5, 5.41) is 0.572. The Morgan fingerprint density at radius 2 is 1.92 bits per heavy atom. The van der Waals surface area contributed by atoms with Crippen molar-refractivity contribution in [3.8, 4) is 17.2 Å². The Kier molecular flexibility index (Phi) is 5.27. The van der Waals surface area contributed by atoms with Crippen LogP contribution in [0, 0.1) is 0 Å². The van der Waals surface area contributed by atoms with E-state index in [4.69, 9.17) is 25.5 Å². The summed E-state index contributed by atoms with van der Waals surface area (Å²) in [7, 11) is 1.60. The average molecular weight is 389 g/mol. The Labute approximate surface area is 163 Å². The van der Waals surface area contributed by atoms with Crippen LogP contribution in [0.3, 0.4) is 0 Å². The van der Waals surface area contributed by atoms with Crippen molar-refractivity contribution in [1.82, 2.24) is 4.90 Å². The molecule has 0 aromatic heterocycles. The Morgan fingerprint density at radius 3 is 2.73 bits per heavy atom. The minimum atomic E-state index is 0.390. The van der Waals surface area contributed by atoms with E-state index in [0.717, 1.165) is 31.0 Å². The van der Waals surface area contributed by atoms with Crippen LogP contribution in [-0.2, 0) is 0 Å². The maximum Gasteiger partial charge on any atom is 0.141 e. The SMILES string of the molecule is COc1cc(Oc2ccc(C3CCCN4CCSN=C34)cc2)ccc1Cl. The van der Waals surface area contributed by atoms with Crippen molar-refractivity contribution in [2.45, 2.75) is 18.8 Å². The van der Waals surface area contributed by atoms with Gasteiger partial charge in [0.15, 0.2) is 0 Å². The smallest absolute Gasteiger partial charge is 0.141 e. The second-order valence-electron chi connectivity index (χ2n) is 6.43. The van der Waals surface area contributed by atoms with Crippen LogP contribution in [0.25, 0.3) is 0 Å². The predicted molar refractivity (Wildman–Crippen MR) is 108 cm³/mol. The van der Waals surface area contributed by atoms with Gasteiger partial charge in [0, 0.05) is 30.8 Å². The Morgan fingerprint density at radius 1 is 1.12 bits per heavy atom. The summed E-state index contributed by atoms with van der Waals surface area (Å²) >= 11 is 7.75. The van der Waals surface area contributed by atoms with Crippen molar-refractivity contribution in [2.24, 2.45) is 4.40 Å². The molecule has 4 nitrogen and oxygen atoms in total. The molecule has 136 valence electrons. The molecule has 0 bridgehead atoms. The van der Waals surface area contributed by atoms with E-state index < -0.39 is 0 Å². The minimum Gasteiger partial charge on any atom is -0.495 e. The number of rotatable bonds is 4. The van der Waals surface area contributed by atoms with Gasteiger partial charge >= 0.3 is 0 Å². The molecule has 2 aromatic carbocycles. The fourth-order valence-corrected chi connectivity index (χ4v) is 4.45. The fraction of sp³-hybridized carbons (Fsp3) is 0.350. The molecule has 0 radical (unpaired) electrons. The Bertz CT molecular complexity index is 810. The number of hydrogen-bond donors (Lipinski definition) is 0. The van der Waals surface area contributed by atoms with Gasteiger partial charge < -0.3 is 14.4 Å². The molecule has 4 rings (SSSR count). The number of ether oxygens (including phenoxy) is 2. The van der Waals surface area contributed by atoms with Crippen molar-refractivity contribution >= 4 is 29.4 Å². The molecule has 0 N–H and O–H groups in total. The highest BCUT2D eigenvalue weighted by atomic mass is 35.5. The number of nitrogens with zero attached hydrogens (tertiary/aromatic N) is 2. The van der Waals surface area contributed by atoms with Crippen LogP contribution in [0.1, 0.15) is 24.3 Å². The molecule has 6 heteroatoms. The topological polar surface area (TPSA) is 34.1 Å². The van der Waals surface area contributed by atoms with Gasteiger partial charge in [0.2, 0.25) is 0 Å². The average Bonchev–Trinajstić information content (AvgIpc) is 2.69. The first kappa shape index (κ1) is 17.6. The molecule has 2 aliphatic rings. The summed E-state index contributed by atoms with van der Waals surface area (Å²) in [5.74, 6) is 4.83. The second-order valence-corrected chi connectivity index (χ2v) is 7.69. The number of piperidine rings is 1. The summed E-state index contributed by atoms with van der Waals surface area (Å²) in [5.41, 5.74) is 1.30. The number of hydrogen-bond acceptors (Lipinski definition) is 5. The third-order valence-electron chi connectivity index (χ3n) is 4.81. The number of fused-ring (bicyclic) bond motifs is 1. The third kappa shape index (κ3) is 3.64. The predicted octanol–water partition coefficient (Wildman–Crippen LogP) is 5.38. The highest BCUT2D eigenvalue weighted by molar-refractivity contribution is 7.98. The van der Waals surface area contributed by atoms with E-state index >= 15 is 0 Å². The molecule has 1 fully saturated rings. The zero-order chi connectivity index (χ0) is 17.9. The zero-order valence-corrected chi connectivity index (χ0v) is 16.2. The lowest BCUT2D eigenvalue weighted by atomic mass is 9.89. The summed E-state index contributed by atoms with van der Waals surface area (Å²) < 4.78 is 15.9. The van der Waals surface area contributed by atoms with Crippen LogP contribution in [-0.4, -0.2) is 36.7 Å². The number of methoxy groups -OCH3 is 1. The van der Waals surface area contributed by atoms with Crippen LogP contribution in [0.4, 0.5) is 0 Å². The van der Waals surface area contributed by atoms with Crippen LogP contribution in [0.5, 0.6) is 17.2 Å². The fourth-order valence-electron chi connectivity index (χ4n) is 3.48. The van der Waals surface area contributed by atoms with Crippen LogP contribution in [0.2, 0.25) is 5.02 Å². The van der Waals surface area contributed by atoms with Gasteiger partial charge in [-0.1, -0.05) is 23.7 Å². The largest absolute Gasteiger partial charge is 0.495 e. The third-order valence-corrected chi connectivity index (χ3v) is 5.80. The number of halogens is 1. The van der Waals surface area contributed by atoms with Crippen LogP contribution < -0.4 is 9.47 Å². The molecule has 0 spiro atoms. The molecular formula is C20H21ClN2O2S. The Hall–Kier alpha value is -1.85. The number of amidine groups is 1. The number of benzene rings is 2. The Balaban J connectivity index is 1.51. The molecule has 0 aliphatic carbocycles. The first-order valence-corrected chi connectivity index (χ1v) is 10.1. The molecule has 0 amide bonds. The van der Waals surface area contributed by atoms with Crippen molar-refractivity contribution in [3.63, 3.8) is 0 Å². The first-order valence-electron chi connectivity index (χ1n) is 8.81. The molecular weight excluding hydrogens is 368 g/mol. The molecule has 2 aliphatic heterocycles. The van der Waals surface area contributed by atoms with Crippen molar-refractivity contribution < 1.29 is 9.47 Å². The summed E-state index contributed by atoms with van der Waals surface area (Å²) in [4.78, 5) is 2.44. The molecule has 1 atom stereocenters. The summed E-state index contributed by atoms with van der Waals surface area (Å²) in [6.07, 6.45) is 2.38. The van der Waals surface area contributed by atoms with E-state index in [1.165, 1.54) is 17.8 Å². The van der Waals surface area contributed by atoms with E-state index in [0.29, 0.717) is 22.4 Å². The zero-order valence-electron chi connectivity index (χ0n) is 14.7. The standard InChI is InChI=1S/C20H21ClN2O2S/c1-24-19-13-16(8-9-18(19)21)25-15-6-4-14(5-7-15)17-3-2-10-23-11-12-26-22-20(17)23/h4-9,13,17H,2-3,10-12H2,1H3. The van der Waals surface area contributed by atoms with Gasteiger partial charge in [-0.2, -0.15) is 0 Å². The molecule has 1 saturated heterocycles. The van der Waals surface area contributed by atoms with Gasteiger partial charge in [0.25, 0.3) is 0 Å². The second kappa shape index (κ2) is 7.80. The van der Waals surface area contributed by atoms with E-state index in [2.05, 4.69) is 17.0 Å². The lowest BCUT2D eigenvalue weighted by Crippen LogP contribution is -2.42. The van der Waals surface area contributed by atoms with Gasteiger partial charge in [0.1, 0.15) is 23.1 Å². The van der Waals surface area contributed by atoms with Crippen LogP contribution in [0.15, 0.2) is 46.9 Å². The van der Waals surface area contributed by atoms with Crippen LogP contribution >= 0.6 is 23.5 Å². The molecule has 2 aromatic rings. The normalized spacial score (nSPS) is 19.5. The lowest BCUT2D eigenvalue weighted by molar-refractivity contribution is 0.371. The van der Waals surface area contributed by atoms with Gasteiger partial charge in [-0.15, -0.1) is 0 Å². The maximum absolute atomic E-state index is 6.06. The van der Waals surface area contributed by atoms with E-state index in [1.54, 1.807) is 31.2 Å². The monoisotopic (exact) mass is 388 g/mol. The molecule has 1 unspecified atom stereocenters. The summed E-state index contributed by atoms with van der Waals surface area (Å²) in [6.45, 7) is 2.25. The molecule has 0 saturated carbocycles. The highest BCUT2D eigenvalue weighted by Gasteiger charge is 2.29. The van der Waals surface area contributed by atoms with Gasteiger partial charge in [-0.25, -0.2) is 4.40 Å². The minimum absolute atomic E-state index is 0.390. The van der Waals surface area contributed by atoms with Crippen molar-refractivity contribution in [3.05, 3.63) is 53.1 Å². The first-order chi connectivity index (χ1) is 12.7. The van der Waals surface area contributed by atoms with Gasteiger partial charge in [-0.05, 0) is 54.6 Å². The van der Waals surface area contributed by atoms with Gasteiger partial charge in [-0.3, -0.25) is 0 Å². The highest BCUT2D eigenvalue weighted by Crippen LogP contribution is 2.35. The van der Waals surface area contributed by atoms with E-state index in [-0.39, 0.29) is 0 Å². The molecule has 2 heterocycles. The van der Waals surface area contributed by atoms with E-state index in [9.17, 15) is 0 Å². The summed E-state index contributed by atoms with van der Waals surface area (Å²) in [6, 6.07) is 13.8. The molecule has 26 heavy (non-hydrogen) atoms.